The second-order valence-corrected chi connectivity index (χ2v) is 7.37. The van der Waals surface area contributed by atoms with E-state index in [1.807, 2.05) is 41.8 Å². The smallest absolute Gasteiger partial charge is 0.156 e. The monoisotopic (exact) mass is 378 g/mol. The Balaban J connectivity index is 1.43. The maximum absolute atomic E-state index is 10.5. The van der Waals surface area contributed by atoms with Crippen LogP contribution in [0.15, 0.2) is 42.5 Å². The van der Waals surface area contributed by atoms with E-state index in [0.717, 1.165) is 53.6 Å². The Bertz CT molecular complexity index is 1010. The molecule has 1 unspecified atom stereocenters. The van der Waals surface area contributed by atoms with Gasteiger partial charge in [0.25, 0.3) is 0 Å². The van der Waals surface area contributed by atoms with Crippen LogP contribution in [0.3, 0.4) is 0 Å². The number of hydrogen-bond acceptors (Lipinski definition) is 5. The largest absolute Gasteiger partial charge is 0.497 e. The summed E-state index contributed by atoms with van der Waals surface area (Å²) in [6.07, 6.45) is 2.62. The Kier molecular flexibility index (Phi) is 5.15. The van der Waals surface area contributed by atoms with Crippen molar-refractivity contribution < 1.29 is 9.84 Å². The van der Waals surface area contributed by atoms with Crippen LogP contribution in [0.5, 0.6) is 5.75 Å². The molecule has 6 heteroatoms. The molecule has 0 fully saturated rings. The van der Waals surface area contributed by atoms with Crippen LogP contribution in [0.4, 0.5) is 0 Å². The fraction of sp³-hybridized carbons (Fsp3) is 0.364. The summed E-state index contributed by atoms with van der Waals surface area (Å²) < 4.78 is 7.08. The molecule has 3 aromatic rings. The average molecular weight is 378 g/mol. The molecule has 1 aliphatic heterocycles. The number of hydrogen-bond donors (Lipinski definition) is 1. The lowest BCUT2D eigenvalue weighted by atomic mass is 10.0. The number of methoxy groups -OCH3 is 1. The Morgan fingerprint density at radius 1 is 1.18 bits per heavy atom. The lowest BCUT2D eigenvalue weighted by Gasteiger charge is -2.28. The molecular formula is C22H26N4O2. The number of rotatable bonds is 5. The molecule has 0 bridgehead atoms. The van der Waals surface area contributed by atoms with Crippen molar-refractivity contribution in [3.63, 3.8) is 0 Å². The molecule has 0 saturated carbocycles. The predicted molar refractivity (Wildman–Crippen MR) is 109 cm³/mol. The molecule has 0 spiro atoms. The van der Waals surface area contributed by atoms with Crippen LogP contribution in [0.25, 0.3) is 11.2 Å². The van der Waals surface area contributed by atoms with Crippen molar-refractivity contribution in [3.8, 4) is 5.75 Å². The van der Waals surface area contributed by atoms with E-state index >= 15 is 0 Å². The highest BCUT2D eigenvalue weighted by Crippen LogP contribution is 2.25. The van der Waals surface area contributed by atoms with Gasteiger partial charge in [-0.2, -0.15) is 5.10 Å². The maximum atomic E-state index is 10.5. The Labute approximate surface area is 165 Å². The highest BCUT2D eigenvalue weighted by molar-refractivity contribution is 5.67. The van der Waals surface area contributed by atoms with E-state index in [0.29, 0.717) is 6.54 Å². The van der Waals surface area contributed by atoms with E-state index in [1.54, 1.807) is 7.11 Å². The van der Waals surface area contributed by atoms with Crippen molar-refractivity contribution in [2.24, 2.45) is 0 Å². The van der Waals surface area contributed by atoms with E-state index in [4.69, 9.17) is 9.84 Å². The van der Waals surface area contributed by atoms with E-state index in [1.165, 1.54) is 5.57 Å². The molecule has 4 rings (SSSR count). The van der Waals surface area contributed by atoms with Gasteiger partial charge >= 0.3 is 0 Å². The van der Waals surface area contributed by atoms with Crippen LogP contribution in [0.1, 0.15) is 35.2 Å². The van der Waals surface area contributed by atoms with Gasteiger partial charge in [0.05, 0.1) is 18.9 Å². The lowest BCUT2D eigenvalue weighted by Crippen LogP contribution is -2.32. The first-order valence-electron chi connectivity index (χ1n) is 9.61. The van der Waals surface area contributed by atoms with Crippen LogP contribution in [-0.2, 0) is 0 Å². The van der Waals surface area contributed by atoms with Gasteiger partial charge in [-0.1, -0.05) is 18.2 Å². The van der Waals surface area contributed by atoms with Crippen molar-refractivity contribution >= 4 is 11.2 Å². The van der Waals surface area contributed by atoms with Gasteiger partial charge in [0.15, 0.2) is 5.65 Å². The molecule has 1 N–H and O–H groups in total. The molecule has 1 aromatic carbocycles. The second kappa shape index (κ2) is 7.73. The number of aliphatic hydroxyl groups is 1. The lowest BCUT2D eigenvalue weighted by molar-refractivity contribution is 0.119. The van der Waals surface area contributed by atoms with Crippen LogP contribution in [0, 0.1) is 13.8 Å². The number of fused-ring (bicyclic) bond motifs is 1. The summed E-state index contributed by atoms with van der Waals surface area (Å²) in [4.78, 5) is 6.84. The first-order valence-corrected chi connectivity index (χ1v) is 9.61. The van der Waals surface area contributed by atoms with E-state index < -0.39 is 6.10 Å². The van der Waals surface area contributed by atoms with E-state index in [9.17, 15) is 5.11 Å². The number of β-amino-alcohol motifs (C(OH)–C–C–N with tert-alkyl or cyclic N) is 1. The van der Waals surface area contributed by atoms with Crippen LogP contribution in [-0.4, -0.2) is 51.3 Å². The minimum atomic E-state index is -0.508. The Hall–Kier alpha value is -2.70. The summed E-state index contributed by atoms with van der Waals surface area (Å²) in [6.45, 7) is 6.38. The first kappa shape index (κ1) is 18.7. The molecule has 0 radical (unpaired) electrons. The van der Waals surface area contributed by atoms with Crippen molar-refractivity contribution in [3.05, 3.63) is 65.1 Å². The summed E-state index contributed by atoms with van der Waals surface area (Å²) in [5.41, 5.74) is 6.15. The van der Waals surface area contributed by atoms with Crippen LogP contribution >= 0.6 is 0 Å². The van der Waals surface area contributed by atoms with E-state index in [2.05, 4.69) is 29.0 Å². The quantitative estimate of drug-likeness (QED) is 0.739. The summed E-state index contributed by atoms with van der Waals surface area (Å²) in [5.74, 6) is 0.800. The average Bonchev–Trinajstić information content (AvgIpc) is 3.13. The fourth-order valence-corrected chi connectivity index (χ4v) is 3.73. The summed E-state index contributed by atoms with van der Waals surface area (Å²) >= 11 is 0. The van der Waals surface area contributed by atoms with Gasteiger partial charge in [-0.25, -0.2) is 9.50 Å². The van der Waals surface area contributed by atoms with Crippen molar-refractivity contribution in [1.82, 2.24) is 19.5 Å². The zero-order chi connectivity index (χ0) is 19.7. The summed E-state index contributed by atoms with van der Waals surface area (Å²) in [5, 5.41) is 15.3. The van der Waals surface area contributed by atoms with Crippen molar-refractivity contribution in [2.75, 3.05) is 26.7 Å². The van der Waals surface area contributed by atoms with Crippen molar-refractivity contribution in [1.29, 1.82) is 0 Å². The molecule has 2 aromatic heterocycles. The zero-order valence-corrected chi connectivity index (χ0v) is 16.6. The highest BCUT2D eigenvalue weighted by Gasteiger charge is 2.19. The van der Waals surface area contributed by atoms with Gasteiger partial charge in [0, 0.05) is 37.1 Å². The van der Waals surface area contributed by atoms with Gasteiger partial charge in [-0.05, 0) is 49.6 Å². The number of benzene rings is 1. The summed E-state index contributed by atoms with van der Waals surface area (Å²) in [7, 11) is 1.64. The van der Waals surface area contributed by atoms with Crippen molar-refractivity contribution in [2.45, 2.75) is 26.4 Å². The topological polar surface area (TPSA) is 62.9 Å². The zero-order valence-electron chi connectivity index (χ0n) is 16.6. The molecule has 0 saturated heterocycles. The molecule has 6 nitrogen and oxygen atoms in total. The van der Waals surface area contributed by atoms with Gasteiger partial charge in [0.2, 0.25) is 0 Å². The fourth-order valence-electron chi connectivity index (χ4n) is 3.73. The number of nitrogens with zero attached hydrogens (tertiary/aromatic N) is 4. The SMILES string of the molecule is COc1ccc(C(O)CN2CC=C(c3cc4nc(C)cc(C)n4n3)CC2)cc1. The van der Waals surface area contributed by atoms with Crippen LogP contribution < -0.4 is 4.74 Å². The Morgan fingerprint density at radius 3 is 2.64 bits per heavy atom. The third kappa shape index (κ3) is 3.79. The molecule has 1 atom stereocenters. The molecule has 28 heavy (non-hydrogen) atoms. The van der Waals surface area contributed by atoms with Gasteiger partial charge in [-0.15, -0.1) is 0 Å². The van der Waals surface area contributed by atoms with E-state index in [-0.39, 0.29) is 0 Å². The predicted octanol–water partition coefficient (Wildman–Crippen LogP) is 3.18. The molecule has 1 aliphatic rings. The Morgan fingerprint density at radius 2 is 1.96 bits per heavy atom. The van der Waals surface area contributed by atoms with Gasteiger partial charge in [-0.3, -0.25) is 4.90 Å². The highest BCUT2D eigenvalue weighted by atomic mass is 16.5. The minimum Gasteiger partial charge on any atom is -0.497 e. The number of aromatic nitrogens is 3. The third-order valence-corrected chi connectivity index (χ3v) is 5.29. The number of aryl methyl sites for hydroxylation is 2. The normalized spacial score (nSPS) is 16.2. The summed E-state index contributed by atoms with van der Waals surface area (Å²) in [6, 6.07) is 11.7. The third-order valence-electron chi connectivity index (χ3n) is 5.29. The molecule has 146 valence electrons. The van der Waals surface area contributed by atoms with Gasteiger partial charge in [0.1, 0.15) is 5.75 Å². The van der Waals surface area contributed by atoms with Crippen LogP contribution in [0.2, 0.25) is 0 Å². The maximum Gasteiger partial charge on any atom is 0.156 e. The standard InChI is InChI=1S/C22H26N4O2/c1-15-12-16(2)26-22(23-15)13-20(24-26)17-8-10-25(11-9-17)14-21(27)18-4-6-19(28-3)7-5-18/h4-8,12-13,21,27H,9-11,14H2,1-3H3. The first-order chi connectivity index (χ1) is 13.5. The molecule has 3 heterocycles. The molecular weight excluding hydrogens is 352 g/mol. The molecule has 0 amide bonds. The minimum absolute atomic E-state index is 0.508. The number of aliphatic hydroxyl groups excluding tert-OH is 1. The molecule has 0 aliphatic carbocycles. The number of ether oxygens (including phenoxy) is 1. The van der Waals surface area contributed by atoms with Gasteiger partial charge < -0.3 is 9.84 Å². The second-order valence-electron chi connectivity index (χ2n) is 7.37.